The number of nitrogens with one attached hydrogen (secondary N) is 1. The number of benzene rings is 2. The second kappa shape index (κ2) is 7.79. The molecule has 0 atom stereocenters. The first-order valence-electron chi connectivity index (χ1n) is 9.53. The normalized spacial score (nSPS) is 11.1. The number of carbonyl (C=O) groups excluding carboxylic acids is 1. The number of amides is 1. The Labute approximate surface area is 167 Å². The summed E-state index contributed by atoms with van der Waals surface area (Å²) in [4.78, 5) is 29.7. The summed E-state index contributed by atoms with van der Waals surface area (Å²) < 4.78 is 8.72. The molecule has 0 bridgehead atoms. The van der Waals surface area contributed by atoms with Crippen LogP contribution in [-0.4, -0.2) is 27.1 Å². The lowest BCUT2D eigenvalue weighted by Crippen LogP contribution is -2.25. The Bertz CT molecular complexity index is 1260. The Kier molecular flexibility index (Phi) is 5.03. The van der Waals surface area contributed by atoms with Crippen LogP contribution in [0.4, 0.5) is 5.69 Å². The second-order valence-corrected chi connectivity index (χ2v) is 6.68. The first-order chi connectivity index (χ1) is 14.1. The zero-order chi connectivity index (χ0) is 20.4. The largest absolute Gasteiger partial charge is 0.494 e. The first kappa shape index (κ1) is 18.7. The SMILES string of the molecule is CCn1c(=O)n(CCC(=O)Nc2ccc(OC)c3ncccc23)c2ccccc21. The van der Waals surface area contributed by atoms with Crippen molar-refractivity contribution >= 4 is 33.5 Å². The third-order valence-electron chi connectivity index (χ3n) is 5.03. The molecule has 0 saturated heterocycles. The molecule has 148 valence electrons. The van der Waals surface area contributed by atoms with Crippen LogP contribution in [0.1, 0.15) is 13.3 Å². The van der Waals surface area contributed by atoms with Crippen LogP contribution < -0.4 is 15.7 Å². The lowest BCUT2D eigenvalue weighted by Gasteiger charge is -2.11. The standard InChI is InChI=1S/C22H22N4O3/c1-3-25-17-8-4-5-9-18(17)26(22(25)28)14-12-20(27)24-16-10-11-19(29-2)21-15(16)7-6-13-23-21/h4-11,13H,3,12,14H2,1-2H3,(H,24,27). The molecule has 2 heterocycles. The maximum absolute atomic E-state index is 12.7. The van der Waals surface area contributed by atoms with E-state index in [2.05, 4.69) is 10.3 Å². The second-order valence-electron chi connectivity index (χ2n) is 6.68. The zero-order valence-electron chi connectivity index (χ0n) is 16.4. The molecule has 4 rings (SSSR count). The van der Waals surface area contributed by atoms with E-state index in [0.717, 1.165) is 16.4 Å². The van der Waals surface area contributed by atoms with E-state index in [0.29, 0.717) is 30.0 Å². The fourth-order valence-corrected chi connectivity index (χ4v) is 3.64. The van der Waals surface area contributed by atoms with Crippen LogP contribution in [0.5, 0.6) is 5.75 Å². The minimum atomic E-state index is -0.166. The number of para-hydroxylation sites is 2. The van der Waals surface area contributed by atoms with Crippen LogP contribution in [0.15, 0.2) is 59.5 Å². The minimum Gasteiger partial charge on any atom is -0.494 e. The highest BCUT2D eigenvalue weighted by atomic mass is 16.5. The maximum atomic E-state index is 12.7. The molecule has 29 heavy (non-hydrogen) atoms. The highest BCUT2D eigenvalue weighted by Gasteiger charge is 2.14. The van der Waals surface area contributed by atoms with Crippen LogP contribution in [0.25, 0.3) is 21.9 Å². The summed E-state index contributed by atoms with van der Waals surface area (Å²) in [5.74, 6) is 0.484. The topological polar surface area (TPSA) is 78.2 Å². The number of imidazole rings is 1. The van der Waals surface area contributed by atoms with Crippen molar-refractivity contribution in [3.63, 3.8) is 0 Å². The fourth-order valence-electron chi connectivity index (χ4n) is 3.64. The molecule has 7 heteroatoms. The predicted octanol–water partition coefficient (Wildman–Crippen LogP) is 3.41. The molecule has 2 aromatic heterocycles. The number of aromatic nitrogens is 3. The number of rotatable bonds is 6. The number of pyridine rings is 1. The van der Waals surface area contributed by atoms with Crippen molar-refractivity contribution in [1.82, 2.24) is 14.1 Å². The molecule has 2 aromatic carbocycles. The Balaban J connectivity index is 1.57. The Morgan fingerprint density at radius 2 is 1.83 bits per heavy atom. The van der Waals surface area contributed by atoms with Gasteiger partial charge in [0.05, 0.1) is 23.8 Å². The van der Waals surface area contributed by atoms with Gasteiger partial charge in [0.25, 0.3) is 0 Å². The highest BCUT2D eigenvalue weighted by molar-refractivity contribution is 6.02. The van der Waals surface area contributed by atoms with E-state index in [1.165, 1.54) is 0 Å². The monoisotopic (exact) mass is 390 g/mol. The molecule has 0 fully saturated rings. The van der Waals surface area contributed by atoms with Gasteiger partial charge in [0.15, 0.2) is 0 Å². The molecule has 7 nitrogen and oxygen atoms in total. The van der Waals surface area contributed by atoms with Gasteiger partial charge < -0.3 is 10.1 Å². The van der Waals surface area contributed by atoms with E-state index >= 15 is 0 Å². The van der Waals surface area contributed by atoms with Crippen molar-refractivity contribution in [3.8, 4) is 5.75 Å². The van der Waals surface area contributed by atoms with Crippen LogP contribution in [0.2, 0.25) is 0 Å². The summed E-state index contributed by atoms with van der Waals surface area (Å²) >= 11 is 0. The van der Waals surface area contributed by atoms with Crippen LogP contribution in [0, 0.1) is 0 Å². The van der Waals surface area contributed by atoms with E-state index in [1.54, 1.807) is 34.6 Å². The molecular formula is C22H22N4O3. The molecule has 0 spiro atoms. The summed E-state index contributed by atoms with van der Waals surface area (Å²) in [5.41, 5.74) is 2.98. The number of hydrogen-bond donors (Lipinski definition) is 1. The minimum absolute atomic E-state index is 0.0967. The number of fused-ring (bicyclic) bond motifs is 2. The predicted molar refractivity (Wildman–Crippen MR) is 113 cm³/mol. The number of hydrogen-bond acceptors (Lipinski definition) is 4. The Hall–Kier alpha value is -3.61. The summed E-state index contributed by atoms with van der Waals surface area (Å²) in [5, 5.41) is 3.74. The summed E-state index contributed by atoms with van der Waals surface area (Å²) in [6.07, 6.45) is 1.87. The van der Waals surface area contributed by atoms with Crippen LogP contribution >= 0.6 is 0 Å². The number of aryl methyl sites for hydroxylation is 2. The molecule has 0 radical (unpaired) electrons. The molecule has 0 aliphatic heterocycles. The molecule has 0 saturated carbocycles. The van der Waals surface area contributed by atoms with E-state index < -0.39 is 0 Å². The van der Waals surface area contributed by atoms with Crippen LogP contribution in [-0.2, 0) is 17.9 Å². The molecule has 0 aliphatic carbocycles. The van der Waals surface area contributed by atoms with Gasteiger partial charge in [-0.1, -0.05) is 12.1 Å². The van der Waals surface area contributed by atoms with Crippen LogP contribution in [0.3, 0.4) is 0 Å². The summed E-state index contributed by atoms with van der Waals surface area (Å²) in [6, 6.07) is 14.9. The van der Waals surface area contributed by atoms with E-state index in [-0.39, 0.29) is 18.0 Å². The molecule has 4 aromatic rings. The zero-order valence-corrected chi connectivity index (χ0v) is 16.4. The molecule has 1 amide bonds. The van der Waals surface area contributed by atoms with Gasteiger partial charge in [0.2, 0.25) is 5.91 Å². The number of anilines is 1. The molecule has 1 N–H and O–H groups in total. The highest BCUT2D eigenvalue weighted by Crippen LogP contribution is 2.29. The van der Waals surface area contributed by atoms with Gasteiger partial charge in [0.1, 0.15) is 11.3 Å². The smallest absolute Gasteiger partial charge is 0.329 e. The molecule has 0 unspecified atom stereocenters. The lowest BCUT2D eigenvalue weighted by atomic mass is 10.1. The Morgan fingerprint density at radius 1 is 1.07 bits per heavy atom. The molecular weight excluding hydrogens is 368 g/mol. The maximum Gasteiger partial charge on any atom is 0.329 e. The van der Waals surface area contributed by atoms with E-state index in [1.807, 2.05) is 43.3 Å². The third kappa shape index (κ3) is 3.35. The average molecular weight is 390 g/mol. The van der Waals surface area contributed by atoms with Crippen molar-refractivity contribution in [2.45, 2.75) is 26.4 Å². The van der Waals surface area contributed by atoms with E-state index in [9.17, 15) is 9.59 Å². The van der Waals surface area contributed by atoms with Crippen molar-refractivity contribution in [1.29, 1.82) is 0 Å². The van der Waals surface area contributed by atoms with E-state index in [4.69, 9.17) is 4.74 Å². The van der Waals surface area contributed by atoms with Crippen molar-refractivity contribution in [2.75, 3.05) is 12.4 Å². The lowest BCUT2D eigenvalue weighted by molar-refractivity contribution is -0.116. The Morgan fingerprint density at radius 3 is 2.55 bits per heavy atom. The van der Waals surface area contributed by atoms with Crippen molar-refractivity contribution in [3.05, 3.63) is 65.2 Å². The van der Waals surface area contributed by atoms with Gasteiger partial charge in [0, 0.05) is 31.1 Å². The number of nitrogens with zero attached hydrogens (tertiary/aromatic N) is 3. The average Bonchev–Trinajstić information content (AvgIpc) is 3.03. The van der Waals surface area contributed by atoms with Gasteiger partial charge in [-0.05, 0) is 43.3 Å². The van der Waals surface area contributed by atoms with Gasteiger partial charge in [-0.25, -0.2) is 4.79 Å². The first-order valence-corrected chi connectivity index (χ1v) is 9.53. The summed E-state index contributed by atoms with van der Waals surface area (Å²) in [6.45, 7) is 2.83. The van der Waals surface area contributed by atoms with Gasteiger partial charge in [-0.2, -0.15) is 0 Å². The van der Waals surface area contributed by atoms with Gasteiger partial charge >= 0.3 is 5.69 Å². The van der Waals surface area contributed by atoms with Crippen molar-refractivity contribution < 1.29 is 9.53 Å². The number of methoxy groups -OCH3 is 1. The third-order valence-corrected chi connectivity index (χ3v) is 5.03. The van der Waals surface area contributed by atoms with Crippen molar-refractivity contribution in [2.24, 2.45) is 0 Å². The summed E-state index contributed by atoms with van der Waals surface area (Å²) in [7, 11) is 1.59. The quantitative estimate of drug-likeness (QED) is 0.547. The van der Waals surface area contributed by atoms with Gasteiger partial charge in [-0.3, -0.25) is 18.9 Å². The fraction of sp³-hybridized carbons (Fsp3) is 0.227. The number of carbonyl (C=O) groups is 1. The number of ether oxygens (including phenoxy) is 1. The molecule has 0 aliphatic rings. The van der Waals surface area contributed by atoms with Gasteiger partial charge in [-0.15, -0.1) is 0 Å².